The number of aryl methyl sites for hydroxylation is 1. The van der Waals surface area contributed by atoms with Crippen LogP contribution in [0, 0.1) is 12.7 Å². The van der Waals surface area contributed by atoms with Crippen molar-refractivity contribution in [2.45, 2.75) is 6.92 Å². The van der Waals surface area contributed by atoms with Crippen molar-refractivity contribution in [1.82, 2.24) is 4.98 Å². The Kier molecular flexibility index (Phi) is 3.96. The number of rotatable bonds is 3. The molecule has 0 atom stereocenters. The maximum Gasteiger partial charge on any atom is 0.365 e. The molecule has 2 heterocycles. The van der Waals surface area contributed by atoms with Crippen molar-refractivity contribution >= 4 is 28.9 Å². The number of benzene rings is 1. The van der Waals surface area contributed by atoms with E-state index in [9.17, 15) is 9.18 Å². The third-order valence-electron chi connectivity index (χ3n) is 2.82. The molecule has 0 unspecified atom stereocenters. The van der Waals surface area contributed by atoms with Crippen LogP contribution in [0.5, 0.6) is 5.75 Å². The van der Waals surface area contributed by atoms with Gasteiger partial charge in [-0.05, 0) is 24.3 Å². The fourth-order valence-electron chi connectivity index (χ4n) is 1.83. The number of nitrogens with zero attached hydrogens (tertiary/aromatic N) is 1. The highest BCUT2D eigenvalue weighted by Crippen LogP contribution is 2.34. The van der Waals surface area contributed by atoms with Gasteiger partial charge in [-0.1, -0.05) is 11.6 Å². The molecule has 22 heavy (non-hydrogen) atoms. The van der Waals surface area contributed by atoms with Gasteiger partial charge >= 0.3 is 5.97 Å². The second-order valence-corrected chi connectivity index (χ2v) is 6.10. The first-order valence-electron chi connectivity index (χ1n) is 6.22. The maximum absolute atomic E-state index is 14.1. The molecular formula is C15H9ClFNO3S. The molecule has 0 fully saturated rings. The summed E-state index contributed by atoms with van der Waals surface area (Å²) in [5, 5.41) is 0. The minimum atomic E-state index is -0.705. The summed E-state index contributed by atoms with van der Waals surface area (Å²) in [5.41, 5.74) is 0.431. The van der Waals surface area contributed by atoms with Crippen LogP contribution in [0.15, 0.2) is 41.0 Å². The summed E-state index contributed by atoms with van der Waals surface area (Å²) >= 11 is 7.11. The molecule has 3 aromatic rings. The van der Waals surface area contributed by atoms with Gasteiger partial charge in [0.05, 0.1) is 4.34 Å². The first-order valence-corrected chi connectivity index (χ1v) is 7.42. The molecular weight excluding hydrogens is 329 g/mol. The van der Waals surface area contributed by atoms with Crippen molar-refractivity contribution in [1.29, 1.82) is 0 Å². The van der Waals surface area contributed by atoms with Gasteiger partial charge in [-0.3, -0.25) is 0 Å². The Morgan fingerprint density at radius 2 is 2.18 bits per heavy atom. The SMILES string of the molecule is Cc1nc(C(=O)Oc2ccc(-c3ccc(Cl)s3)c(F)c2)co1. The molecule has 0 spiro atoms. The number of thiophene rings is 1. The molecule has 2 aromatic heterocycles. The Balaban J connectivity index is 1.81. The highest BCUT2D eigenvalue weighted by Gasteiger charge is 2.15. The Bertz CT molecular complexity index is 843. The van der Waals surface area contributed by atoms with E-state index < -0.39 is 11.8 Å². The standard InChI is InChI=1S/C15H9ClFNO3S/c1-8-18-12(7-20-8)15(19)21-9-2-3-10(11(17)6-9)13-4-5-14(16)22-13/h2-7H,1H3. The van der Waals surface area contributed by atoms with Crippen molar-refractivity contribution in [2.24, 2.45) is 0 Å². The smallest absolute Gasteiger partial charge is 0.365 e. The zero-order valence-electron chi connectivity index (χ0n) is 11.3. The number of carbonyl (C=O) groups excluding carboxylic acids is 1. The molecule has 112 valence electrons. The number of carbonyl (C=O) groups is 1. The van der Waals surface area contributed by atoms with Crippen molar-refractivity contribution < 1.29 is 18.3 Å². The van der Waals surface area contributed by atoms with E-state index in [2.05, 4.69) is 4.98 Å². The number of aromatic nitrogens is 1. The quantitative estimate of drug-likeness (QED) is 0.512. The molecule has 7 heteroatoms. The van der Waals surface area contributed by atoms with E-state index in [0.29, 0.717) is 20.7 Å². The second-order valence-electron chi connectivity index (χ2n) is 4.39. The number of esters is 1. The molecule has 0 aliphatic rings. The van der Waals surface area contributed by atoms with Gasteiger partial charge in [0, 0.05) is 23.4 Å². The average Bonchev–Trinajstić information content (AvgIpc) is 3.08. The molecule has 0 aliphatic heterocycles. The lowest BCUT2D eigenvalue weighted by molar-refractivity contribution is 0.0728. The summed E-state index contributed by atoms with van der Waals surface area (Å²) in [6.45, 7) is 1.61. The molecule has 0 aliphatic carbocycles. The lowest BCUT2D eigenvalue weighted by atomic mass is 10.1. The maximum atomic E-state index is 14.1. The van der Waals surface area contributed by atoms with E-state index in [-0.39, 0.29) is 11.4 Å². The van der Waals surface area contributed by atoms with Crippen LogP contribution in [0.3, 0.4) is 0 Å². The molecule has 0 saturated heterocycles. The average molecular weight is 338 g/mol. The molecule has 4 nitrogen and oxygen atoms in total. The molecule has 1 aromatic carbocycles. The minimum Gasteiger partial charge on any atom is -0.448 e. The number of ether oxygens (including phenoxy) is 1. The van der Waals surface area contributed by atoms with E-state index in [1.54, 1.807) is 19.1 Å². The fourth-order valence-corrected chi connectivity index (χ4v) is 2.90. The third-order valence-corrected chi connectivity index (χ3v) is 4.08. The molecule has 0 saturated carbocycles. The summed E-state index contributed by atoms with van der Waals surface area (Å²) in [6, 6.07) is 7.62. The van der Waals surface area contributed by atoms with E-state index in [4.69, 9.17) is 20.8 Å². The Labute approximate surface area is 134 Å². The van der Waals surface area contributed by atoms with E-state index >= 15 is 0 Å². The van der Waals surface area contributed by atoms with Gasteiger partial charge in [0.1, 0.15) is 17.8 Å². The summed E-state index contributed by atoms with van der Waals surface area (Å²) in [4.78, 5) is 16.4. The molecule has 0 radical (unpaired) electrons. The first kappa shape index (κ1) is 14.7. The monoisotopic (exact) mass is 337 g/mol. The second kappa shape index (κ2) is 5.90. The largest absolute Gasteiger partial charge is 0.448 e. The van der Waals surface area contributed by atoms with Gasteiger partial charge in [0.25, 0.3) is 0 Å². The number of hydrogen-bond acceptors (Lipinski definition) is 5. The van der Waals surface area contributed by atoms with Gasteiger partial charge in [0.15, 0.2) is 11.6 Å². The van der Waals surface area contributed by atoms with Crippen molar-refractivity contribution in [3.05, 3.63) is 58.3 Å². The van der Waals surface area contributed by atoms with Gasteiger partial charge < -0.3 is 9.15 Å². The van der Waals surface area contributed by atoms with Gasteiger partial charge in [-0.15, -0.1) is 11.3 Å². The van der Waals surface area contributed by atoms with Gasteiger partial charge in [0.2, 0.25) is 0 Å². The van der Waals surface area contributed by atoms with Crippen LogP contribution >= 0.6 is 22.9 Å². The Hall–Kier alpha value is -2.18. The van der Waals surface area contributed by atoms with Crippen LogP contribution in [0.2, 0.25) is 4.34 Å². The van der Waals surface area contributed by atoms with Crippen molar-refractivity contribution in [2.75, 3.05) is 0 Å². The zero-order chi connectivity index (χ0) is 15.7. The lowest BCUT2D eigenvalue weighted by Gasteiger charge is -2.05. The lowest BCUT2D eigenvalue weighted by Crippen LogP contribution is -2.09. The van der Waals surface area contributed by atoms with Crippen molar-refractivity contribution in [3.63, 3.8) is 0 Å². The van der Waals surface area contributed by atoms with E-state index in [1.165, 1.54) is 29.7 Å². The van der Waals surface area contributed by atoms with E-state index in [1.807, 2.05) is 0 Å². The molecule has 3 rings (SSSR count). The van der Waals surface area contributed by atoms with Crippen molar-refractivity contribution in [3.8, 4) is 16.2 Å². The molecule has 0 bridgehead atoms. The Morgan fingerprint density at radius 1 is 1.36 bits per heavy atom. The summed E-state index contributed by atoms with van der Waals surface area (Å²) < 4.78 is 24.7. The molecule has 0 amide bonds. The number of hydrogen-bond donors (Lipinski definition) is 0. The van der Waals surface area contributed by atoms with Crippen LogP contribution in [0.25, 0.3) is 10.4 Å². The Morgan fingerprint density at radius 3 is 2.77 bits per heavy atom. The van der Waals surface area contributed by atoms with Gasteiger partial charge in [-0.25, -0.2) is 14.2 Å². The summed E-state index contributed by atoms with van der Waals surface area (Å²) in [5.74, 6) is -0.763. The summed E-state index contributed by atoms with van der Waals surface area (Å²) in [6.07, 6.45) is 1.19. The summed E-state index contributed by atoms with van der Waals surface area (Å²) in [7, 11) is 0. The number of oxazole rings is 1. The van der Waals surface area contributed by atoms with Crippen LogP contribution in [0.4, 0.5) is 4.39 Å². The first-order chi connectivity index (χ1) is 10.5. The normalized spacial score (nSPS) is 10.7. The van der Waals surface area contributed by atoms with E-state index in [0.717, 1.165) is 6.07 Å². The van der Waals surface area contributed by atoms with Crippen LogP contribution < -0.4 is 4.74 Å². The van der Waals surface area contributed by atoms with Crippen LogP contribution in [-0.2, 0) is 0 Å². The predicted molar refractivity (Wildman–Crippen MR) is 80.9 cm³/mol. The highest BCUT2D eigenvalue weighted by atomic mass is 35.5. The van der Waals surface area contributed by atoms with Gasteiger partial charge in [-0.2, -0.15) is 0 Å². The topological polar surface area (TPSA) is 52.3 Å². The molecule has 0 N–H and O–H groups in total. The predicted octanol–water partition coefficient (Wildman–Crippen LogP) is 4.72. The number of halogens is 2. The van der Waals surface area contributed by atoms with Crippen LogP contribution in [-0.4, -0.2) is 11.0 Å². The van der Waals surface area contributed by atoms with Crippen LogP contribution in [0.1, 0.15) is 16.4 Å². The fraction of sp³-hybridized carbons (Fsp3) is 0.0667. The third kappa shape index (κ3) is 3.03. The zero-order valence-corrected chi connectivity index (χ0v) is 12.9. The minimum absolute atomic E-state index is 0.0343. The highest BCUT2D eigenvalue weighted by molar-refractivity contribution is 7.19.